The zero-order valence-electron chi connectivity index (χ0n) is 13.0. The van der Waals surface area contributed by atoms with Crippen LogP contribution in [-0.2, 0) is 16.6 Å². The third kappa shape index (κ3) is 4.26. The van der Waals surface area contributed by atoms with Gasteiger partial charge < -0.3 is 4.57 Å². The average Bonchev–Trinajstić information content (AvgIpc) is 3.04. The molecule has 0 unspecified atom stereocenters. The van der Waals surface area contributed by atoms with Gasteiger partial charge in [-0.1, -0.05) is 41.9 Å². The lowest BCUT2D eigenvalue weighted by molar-refractivity contribution is 0.0977. The van der Waals surface area contributed by atoms with E-state index in [-0.39, 0.29) is 10.6 Å². The number of imidazole rings is 1. The van der Waals surface area contributed by atoms with Crippen molar-refractivity contribution < 1.29 is 13.2 Å². The molecule has 3 rings (SSSR count). The van der Waals surface area contributed by atoms with Crippen molar-refractivity contribution in [3.8, 4) is 0 Å². The van der Waals surface area contributed by atoms with Gasteiger partial charge in [0.05, 0.1) is 11.2 Å². The van der Waals surface area contributed by atoms with Gasteiger partial charge in [0.25, 0.3) is 15.9 Å². The van der Waals surface area contributed by atoms with Crippen LogP contribution in [0.1, 0.15) is 16.1 Å². The fourth-order valence-electron chi connectivity index (χ4n) is 2.21. The Morgan fingerprint density at radius 3 is 2.44 bits per heavy atom. The molecule has 0 atom stereocenters. The maximum absolute atomic E-state index is 12.2. The van der Waals surface area contributed by atoms with Crippen LogP contribution in [0.4, 0.5) is 0 Å². The molecule has 2 aromatic carbocycles. The van der Waals surface area contributed by atoms with Crippen molar-refractivity contribution >= 4 is 27.5 Å². The number of carbonyl (C=O) groups is 1. The number of nitrogens with one attached hydrogen (secondary N) is 1. The van der Waals surface area contributed by atoms with E-state index in [1.54, 1.807) is 4.57 Å². The highest BCUT2D eigenvalue weighted by atomic mass is 35.5. The van der Waals surface area contributed by atoms with Crippen molar-refractivity contribution in [1.82, 2.24) is 14.3 Å². The van der Waals surface area contributed by atoms with Gasteiger partial charge in [-0.2, -0.15) is 0 Å². The molecule has 25 heavy (non-hydrogen) atoms. The quantitative estimate of drug-likeness (QED) is 0.743. The number of aromatic nitrogens is 2. The molecule has 0 bridgehead atoms. The summed E-state index contributed by atoms with van der Waals surface area (Å²) in [5.41, 5.74) is 1.06. The van der Waals surface area contributed by atoms with Gasteiger partial charge in [-0.15, -0.1) is 0 Å². The summed E-state index contributed by atoms with van der Waals surface area (Å²) in [5.74, 6) is -0.790. The summed E-state index contributed by atoms with van der Waals surface area (Å²) in [5, 5.41) is 0.407. The largest absolute Gasteiger partial charge is 0.332 e. The van der Waals surface area contributed by atoms with Crippen molar-refractivity contribution in [3.63, 3.8) is 0 Å². The molecular weight excluding hydrogens is 362 g/mol. The Hall–Kier alpha value is -2.64. The zero-order valence-corrected chi connectivity index (χ0v) is 14.5. The van der Waals surface area contributed by atoms with E-state index < -0.39 is 15.9 Å². The smallest absolute Gasteiger partial charge is 0.285 e. The third-order valence-electron chi connectivity index (χ3n) is 3.42. The summed E-state index contributed by atoms with van der Waals surface area (Å²) in [6.07, 6.45) is 2.98. The van der Waals surface area contributed by atoms with Crippen molar-refractivity contribution in [2.24, 2.45) is 0 Å². The van der Waals surface area contributed by atoms with Gasteiger partial charge >= 0.3 is 0 Å². The van der Waals surface area contributed by atoms with Crippen molar-refractivity contribution in [3.05, 3.63) is 83.4 Å². The van der Waals surface area contributed by atoms with Crippen LogP contribution in [0.5, 0.6) is 0 Å². The first kappa shape index (κ1) is 17.2. The fraction of sp³-hybridized carbons (Fsp3) is 0.0588. The van der Waals surface area contributed by atoms with Gasteiger partial charge in [-0.3, -0.25) is 4.79 Å². The highest BCUT2D eigenvalue weighted by molar-refractivity contribution is 7.90. The molecule has 3 aromatic rings. The van der Waals surface area contributed by atoms with Crippen molar-refractivity contribution in [2.45, 2.75) is 11.4 Å². The van der Waals surface area contributed by atoms with Crippen LogP contribution in [-0.4, -0.2) is 23.9 Å². The molecule has 128 valence electrons. The van der Waals surface area contributed by atoms with Crippen LogP contribution in [0.2, 0.25) is 5.02 Å². The number of hydrogen-bond donors (Lipinski definition) is 1. The molecule has 0 aliphatic carbocycles. The molecule has 1 amide bonds. The van der Waals surface area contributed by atoms with E-state index in [9.17, 15) is 13.2 Å². The summed E-state index contributed by atoms with van der Waals surface area (Å²) >= 11 is 5.74. The second-order valence-electron chi connectivity index (χ2n) is 5.31. The van der Waals surface area contributed by atoms with Gasteiger partial charge in [-0.05, 0) is 29.8 Å². The molecule has 0 saturated carbocycles. The van der Waals surface area contributed by atoms with Crippen LogP contribution in [0.3, 0.4) is 0 Å². The second kappa shape index (κ2) is 7.08. The summed E-state index contributed by atoms with van der Waals surface area (Å²) in [6.45, 7) is 0.533. The Kier molecular flexibility index (Phi) is 4.87. The van der Waals surface area contributed by atoms with Crippen LogP contribution in [0, 0.1) is 0 Å². The van der Waals surface area contributed by atoms with Crippen LogP contribution >= 0.6 is 11.6 Å². The van der Waals surface area contributed by atoms with E-state index in [1.807, 2.05) is 35.1 Å². The first-order valence-electron chi connectivity index (χ1n) is 7.32. The zero-order chi connectivity index (χ0) is 17.9. The van der Waals surface area contributed by atoms with Crippen molar-refractivity contribution in [2.75, 3.05) is 0 Å². The maximum Gasteiger partial charge on any atom is 0.285 e. The van der Waals surface area contributed by atoms with Gasteiger partial charge in [0.1, 0.15) is 5.69 Å². The number of sulfonamides is 1. The minimum atomic E-state index is -3.98. The number of carbonyl (C=O) groups excluding carboxylic acids is 1. The number of hydrogen-bond acceptors (Lipinski definition) is 4. The first-order valence-corrected chi connectivity index (χ1v) is 9.18. The molecule has 1 heterocycles. The average molecular weight is 376 g/mol. The lowest BCUT2D eigenvalue weighted by atomic mass is 10.2. The van der Waals surface area contributed by atoms with E-state index in [0.717, 1.165) is 5.56 Å². The molecule has 0 aliphatic rings. The highest BCUT2D eigenvalue weighted by Gasteiger charge is 2.20. The molecule has 8 heteroatoms. The molecule has 0 radical (unpaired) electrons. The van der Waals surface area contributed by atoms with E-state index in [4.69, 9.17) is 11.6 Å². The summed E-state index contributed by atoms with van der Waals surface area (Å²) < 4.78 is 28.1. The Labute approximate surface area is 150 Å². The minimum Gasteiger partial charge on any atom is -0.332 e. The fourth-order valence-corrected chi connectivity index (χ4v) is 3.29. The summed E-state index contributed by atoms with van der Waals surface area (Å²) in [6, 6.07) is 15.2. The minimum absolute atomic E-state index is 0.0217. The lowest BCUT2D eigenvalue weighted by Crippen LogP contribution is -2.30. The summed E-state index contributed by atoms with van der Waals surface area (Å²) in [7, 11) is -3.98. The van der Waals surface area contributed by atoms with E-state index in [2.05, 4.69) is 4.98 Å². The number of amides is 1. The Morgan fingerprint density at radius 1 is 1.08 bits per heavy atom. The predicted octanol–water partition coefficient (Wildman–Crippen LogP) is 2.70. The second-order valence-corrected chi connectivity index (χ2v) is 7.42. The third-order valence-corrected chi connectivity index (χ3v) is 5.02. The first-order chi connectivity index (χ1) is 11.9. The maximum atomic E-state index is 12.2. The molecule has 0 fully saturated rings. The topological polar surface area (TPSA) is 81.1 Å². The lowest BCUT2D eigenvalue weighted by Gasteiger charge is -2.05. The van der Waals surface area contributed by atoms with E-state index >= 15 is 0 Å². The molecule has 0 aliphatic heterocycles. The molecule has 6 nitrogen and oxygen atoms in total. The predicted molar refractivity (Wildman–Crippen MR) is 93.9 cm³/mol. The van der Waals surface area contributed by atoms with Gasteiger partial charge in [-0.25, -0.2) is 18.1 Å². The number of nitrogens with zero attached hydrogens (tertiary/aromatic N) is 2. The highest BCUT2D eigenvalue weighted by Crippen LogP contribution is 2.14. The standard InChI is InChI=1S/C17H14ClN3O3S/c18-14-6-8-15(9-7-14)25(23,24)20-17(22)16-11-21(12-19-16)10-13-4-2-1-3-5-13/h1-9,11-12H,10H2,(H,20,22). The molecule has 1 N–H and O–H groups in total. The Balaban J connectivity index is 1.72. The number of halogens is 1. The normalized spacial score (nSPS) is 11.2. The monoisotopic (exact) mass is 375 g/mol. The van der Waals surface area contributed by atoms with Crippen molar-refractivity contribution in [1.29, 1.82) is 0 Å². The van der Waals surface area contributed by atoms with Crippen LogP contribution < -0.4 is 4.72 Å². The van der Waals surface area contributed by atoms with Crippen LogP contribution in [0.25, 0.3) is 0 Å². The van der Waals surface area contributed by atoms with Crippen LogP contribution in [0.15, 0.2) is 72.0 Å². The summed E-state index contributed by atoms with van der Waals surface area (Å²) in [4.78, 5) is 16.1. The Bertz CT molecular complexity index is 983. The molecule has 0 spiro atoms. The van der Waals surface area contributed by atoms with Gasteiger partial charge in [0, 0.05) is 17.8 Å². The van der Waals surface area contributed by atoms with E-state index in [0.29, 0.717) is 11.6 Å². The van der Waals surface area contributed by atoms with Gasteiger partial charge in [0.2, 0.25) is 0 Å². The van der Waals surface area contributed by atoms with E-state index in [1.165, 1.54) is 36.8 Å². The SMILES string of the molecule is O=C(NS(=O)(=O)c1ccc(Cl)cc1)c1cn(Cc2ccccc2)cn1. The number of rotatable bonds is 5. The number of benzene rings is 2. The molecular formula is C17H14ClN3O3S. The molecule has 1 aromatic heterocycles. The molecule has 0 saturated heterocycles. The Morgan fingerprint density at radius 2 is 1.76 bits per heavy atom. The van der Waals surface area contributed by atoms with Gasteiger partial charge in [0.15, 0.2) is 0 Å².